The van der Waals surface area contributed by atoms with E-state index >= 15 is 0 Å². The van der Waals surface area contributed by atoms with Crippen LogP contribution >= 0.6 is 15.9 Å². The molecule has 9 heteroatoms. The normalized spacial score (nSPS) is 27.4. The smallest absolute Gasteiger partial charge is 0.324 e. The second kappa shape index (κ2) is 10.7. The maximum absolute atomic E-state index is 14.0. The number of methoxy groups -OCH3 is 2. The van der Waals surface area contributed by atoms with E-state index in [2.05, 4.69) is 21.2 Å². The van der Waals surface area contributed by atoms with E-state index < -0.39 is 35.3 Å². The Balaban J connectivity index is 1.60. The largest absolute Gasteiger partial charge is 0.493 e. The predicted octanol–water partition coefficient (Wildman–Crippen LogP) is 4.71. The molecule has 0 bridgehead atoms. The van der Waals surface area contributed by atoms with Crippen LogP contribution in [-0.2, 0) is 20.9 Å². The van der Waals surface area contributed by atoms with Crippen LogP contribution in [0.1, 0.15) is 55.7 Å². The Morgan fingerprint density at radius 1 is 1.08 bits per heavy atom. The van der Waals surface area contributed by atoms with E-state index in [0.29, 0.717) is 28.0 Å². The van der Waals surface area contributed by atoms with Crippen LogP contribution in [0.15, 0.2) is 46.9 Å². The summed E-state index contributed by atoms with van der Waals surface area (Å²) in [6.07, 6.45) is 5.40. The first-order valence-electron chi connectivity index (χ1n) is 13.1. The quantitative estimate of drug-likeness (QED) is 0.433. The fourth-order valence-corrected chi connectivity index (χ4v) is 7.33. The molecule has 3 fully saturated rings. The summed E-state index contributed by atoms with van der Waals surface area (Å²) in [6.45, 7) is 0.118. The Morgan fingerprint density at radius 3 is 2.42 bits per heavy atom. The fourth-order valence-electron chi connectivity index (χ4n) is 6.71. The molecule has 2 heterocycles. The van der Waals surface area contributed by atoms with Crippen molar-refractivity contribution in [3.05, 3.63) is 58.1 Å². The molecule has 0 aromatic heterocycles. The lowest BCUT2D eigenvalue weighted by Crippen LogP contribution is -2.56. The highest BCUT2D eigenvalue weighted by Crippen LogP contribution is 2.53. The van der Waals surface area contributed by atoms with Gasteiger partial charge >= 0.3 is 5.97 Å². The van der Waals surface area contributed by atoms with Gasteiger partial charge in [0.25, 0.3) is 0 Å². The number of carbonyl (C=O) groups excluding carboxylic acids is 2. The minimum absolute atomic E-state index is 0.118. The van der Waals surface area contributed by atoms with E-state index in [9.17, 15) is 19.5 Å². The molecule has 2 aromatic rings. The zero-order chi connectivity index (χ0) is 27.0. The number of hydrogen-bond acceptors (Lipinski definition) is 6. The summed E-state index contributed by atoms with van der Waals surface area (Å²) < 4.78 is 11.6. The van der Waals surface area contributed by atoms with E-state index in [0.717, 1.165) is 37.7 Å². The average molecular weight is 585 g/mol. The number of carboxylic acids is 1. The molecule has 1 aliphatic carbocycles. The molecule has 1 saturated carbocycles. The Kier molecular flexibility index (Phi) is 7.51. The van der Waals surface area contributed by atoms with Crippen molar-refractivity contribution in [2.75, 3.05) is 14.2 Å². The topological polar surface area (TPSA) is 105 Å². The number of aliphatic carboxylic acids is 1. The van der Waals surface area contributed by atoms with Gasteiger partial charge in [0.05, 0.1) is 37.1 Å². The summed E-state index contributed by atoms with van der Waals surface area (Å²) >= 11 is 3.53. The van der Waals surface area contributed by atoms with Crippen LogP contribution in [0.25, 0.3) is 0 Å². The number of carbonyl (C=O) groups is 3. The zero-order valence-electron chi connectivity index (χ0n) is 21.6. The third-order valence-corrected chi connectivity index (χ3v) is 9.05. The van der Waals surface area contributed by atoms with Crippen LogP contribution in [-0.4, -0.2) is 47.5 Å². The van der Waals surface area contributed by atoms with Crippen molar-refractivity contribution in [2.45, 2.75) is 56.7 Å². The Morgan fingerprint density at radius 2 is 1.79 bits per heavy atom. The van der Waals surface area contributed by atoms with Crippen molar-refractivity contribution in [3.8, 4) is 11.5 Å². The van der Waals surface area contributed by atoms with Gasteiger partial charge in [-0.2, -0.15) is 0 Å². The number of fused-ring (bicyclic) bond motifs is 1. The highest BCUT2D eigenvalue weighted by molar-refractivity contribution is 9.10. The van der Waals surface area contributed by atoms with Crippen LogP contribution in [0.3, 0.4) is 0 Å². The molecule has 0 spiro atoms. The number of hydrogen-bond donors (Lipinski definition) is 2. The van der Waals surface area contributed by atoms with E-state index in [-0.39, 0.29) is 18.4 Å². The van der Waals surface area contributed by atoms with E-state index in [1.165, 1.54) is 19.1 Å². The molecule has 2 aliphatic heterocycles. The fraction of sp³-hybridized carbons (Fsp3) is 0.483. The monoisotopic (exact) mass is 584 g/mol. The van der Waals surface area contributed by atoms with Crippen molar-refractivity contribution >= 4 is 33.7 Å². The molecule has 3 aliphatic rings. The molecule has 4 unspecified atom stereocenters. The standard InChI is InChI=1S/C29H33BrN2O6/c1-37-21-14-19(13-20(30)25(21)38-2)24-22-23(27(34)32(26(22)33)16-18-11-7-4-8-12-18)29(31-24,28(35)36)15-17-9-5-3-6-10-17/h4,7-8,11-14,17,22-24,31H,3,5-6,9-10,15-16H2,1-2H3,(H,35,36). The number of halogens is 1. The van der Waals surface area contributed by atoms with Crippen LogP contribution < -0.4 is 14.8 Å². The maximum Gasteiger partial charge on any atom is 0.324 e. The minimum atomic E-state index is -1.55. The van der Waals surface area contributed by atoms with Crippen molar-refractivity contribution in [1.82, 2.24) is 10.2 Å². The van der Waals surface area contributed by atoms with Gasteiger partial charge in [-0.3, -0.25) is 24.6 Å². The second-order valence-electron chi connectivity index (χ2n) is 10.6. The second-order valence-corrected chi connectivity index (χ2v) is 11.5. The first kappa shape index (κ1) is 26.7. The summed E-state index contributed by atoms with van der Waals surface area (Å²) in [5, 5.41) is 14.1. The summed E-state index contributed by atoms with van der Waals surface area (Å²) in [4.78, 5) is 42.3. The molecule has 2 amide bonds. The van der Waals surface area contributed by atoms with E-state index in [1.54, 1.807) is 6.07 Å². The molecule has 5 rings (SSSR count). The van der Waals surface area contributed by atoms with Gasteiger partial charge < -0.3 is 14.6 Å². The van der Waals surface area contributed by atoms with Crippen molar-refractivity contribution in [2.24, 2.45) is 17.8 Å². The number of imide groups is 1. The molecule has 4 atom stereocenters. The lowest BCUT2D eigenvalue weighted by Gasteiger charge is -2.35. The van der Waals surface area contributed by atoms with Crippen molar-refractivity contribution in [1.29, 1.82) is 0 Å². The number of nitrogens with one attached hydrogen (secondary N) is 1. The minimum Gasteiger partial charge on any atom is -0.493 e. The summed E-state index contributed by atoms with van der Waals surface area (Å²) in [5.74, 6) is -2.58. The molecule has 2 saturated heterocycles. The molecule has 0 radical (unpaired) electrons. The molecular weight excluding hydrogens is 552 g/mol. The lowest BCUT2D eigenvalue weighted by molar-refractivity contribution is -0.152. The van der Waals surface area contributed by atoms with Gasteiger partial charge in [0.2, 0.25) is 11.8 Å². The highest BCUT2D eigenvalue weighted by Gasteiger charge is 2.68. The van der Waals surface area contributed by atoms with E-state index in [1.807, 2.05) is 36.4 Å². The zero-order valence-corrected chi connectivity index (χ0v) is 23.2. The molecule has 38 heavy (non-hydrogen) atoms. The van der Waals surface area contributed by atoms with Gasteiger partial charge in [0, 0.05) is 6.04 Å². The Labute approximate surface area is 230 Å². The average Bonchev–Trinajstić information content (AvgIpc) is 3.39. The third-order valence-electron chi connectivity index (χ3n) is 8.46. The molecule has 2 N–H and O–H groups in total. The predicted molar refractivity (Wildman–Crippen MR) is 144 cm³/mol. The Bertz CT molecular complexity index is 1230. The number of amides is 2. The van der Waals surface area contributed by atoms with Crippen molar-refractivity contribution < 1.29 is 29.0 Å². The molecular formula is C29H33BrN2O6. The maximum atomic E-state index is 14.0. The van der Waals surface area contributed by atoms with Gasteiger partial charge in [-0.05, 0) is 51.5 Å². The van der Waals surface area contributed by atoms with Gasteiger partial charge in [-0.15, -0.1) is 0 Å². The Hall–Kier alpha value is -2.91. The summed E-state index contributed by atoms with van der Waals surface area (Å²) in [6, 6.07) is 12.2. The number of likely N-dealkylation sites (tertiary alicyclic amines) is 1. The lowest BCUT2D eigenvalue weighted by atomic mass is 9.72. The number of ether oxygens (including phenoxy) is 2. The van der Waals surface area contributed by atoms with Crippen LogP contribution in [0.5, 0.6) is 11.5 Å². The van der Waals surface area contributed by atoms with Gasteiger partial charge in [-0.25, -0.2) is 0 Å². The number of nitrogens with zero attached hydrogens (tertiary/aromatic N) is 1. The number of rotatable bonds is 8. The first-order valence-corrected chi connectivity index (χ1v) is 13.9. The number of carboxylic acid groups (broad SMARTS) is 1. The molecule has 8 nitrogen and oxygen atoms in total. The molecule has 202 valence electrons. The highest BCUT2D eigenvalue weighted by atomic mass is 79.9. The van der Waals surface area contributed by atoms with Gasteiger partial charge in [0.15, 0.2) is 11.5 Å². The van der Waals surface area contributed by atoms with E-state index in [4.69, 9.17) is 9.47 Å². The SMILES string of the molecule is COc1cc(C2NC(CC3CCCCC3)(C(=O)O)C3C(=O)N(Cc4ccccc4)C(=O)C23)cc(Br)c1OC. The van der Waals surface area contributed by atoms with Crippen molar-refractivity contribution in [3.63, 3.8) is 0 Å². The number of benzene rings is 2. The summed E-state index contributed by atoms with van der Waals surface area (Å²) in [7, 11) is 3.06. The van der Waals surface area contributed by atoms with Gasteiger partial charge in [-0.1, -0.05) is 62.4 Å². The summed E-state index contributed by atoms with van der Waals surface area (Å²) in [5.41, 5.74) is -0.0606. The van der Waals surface area contributed by atoms with Crippen LogP contribution in [0, 0.1) is 17.8 Å². The third kappa shape index (κ3) is 4.49. The van der Waals surface area contributed by atoms with Gasteiger partial charge in [0.1, 0.15) is 5.54 Å². The van der Waals surface area contributed by atoms with Crippen LogP contribution in [0.4, 0.5) is 0 Å². The van der Waals surface area contributed by atoms with Crippen LogP contribution in [0.2, 0.25) is 0 Å². The molecule has 2 aromatic carbocycles. The first-order chi connectivity index (χ1) is 18.3.